The second-order valence-electron chi connectivity index (χ2n) is 8.00. The molecule has 0 unspecified atom stereocenters. The quantitative estimate of drug-likeness (QED) is 0.281. The van der Waals surface area contributed by atoms with Gasteiger partial charge in [-0.2, -0.15) is 0 Å². The topological polar surface area (TPSA) is 93.2 Å². The number of methoxy groups -OCH3 is 1. The summed E-state index contributed by atoms with van der Waals surface area (Å²) in [6.45, 7) is 7.61. The third kappa shape index (κ3) is 8.41. The van der Waals surface area contributed by atoms with E-state index in [0.717, 1.165) is 21.2 Å². The predicted molar refractivity (Wildman–Crippen MR) is 114 cm³/mol. The Morgan fingerprint density at radius 2 is 1.63 bits per heavy atom. The van der Waals surface area contributed by atoms with Gasteiger partial charge in [-0.15, -0.1) is 4.41 Å². The number of ether oxygens (including phenoxy) is 2. The fourth-order valence-electron chi connectivity index (χ4n) is 2.68. The molecule has 170 valence electrons. The first-order valence-corrected chi connectivity index (χ1v) is 11.8. The Morgan fingerprint density at radius 3 is 2.10 bits per heavy atom. The van der Waals surface area contributed by atoms with Crippen LogP contribution in [0.15, 0.2) is 30.3 Å². The van der Waals surface area contributed by atoms with Crippen molar-refractivity contribution in [2.45, 2.75) is 53.4 Å². The molecule has 0 aliphatic heterocycles. The highest BCUT2D eigenvalue weighted by Gasteiger charge is 2.40. The molecule has 0 heterocycles. The molecule has 0 radical (unpaired) electrons. The summed E-state index contributed by atoms with van der Waals surface area (Å²) in [5.41, 5.74) is 0.774. The smallest absolute Gasteiger partial charge is 0.357 e. The molecule has 0 fully saturated rings. The first-order valence-electron chi connectivity index (χ1n) is 10.00. The van der Waals surface area contributed by atoms with Gasteiger partial charge in [0.1, 0.15) is 0 Å². The van der Waals surface area contributed by atoms with Crippen molar-refractivity contribution in [2.75, 3.05) is 19.9 Å². The van der Waals surface area contributed by atoms with Crippen LogP contribution in [0.4, 0.5) is 0 Å². The van der Waals surface area contributed by atoms with Crippen LogP contribution in [0.3, 0.4) is 0 Å². The van der Waals surface area contributed by atoms with E-state index >= 15 is 0 Å². The minimum Gasteiger partial charge on any atom is -0.466 e. The number of benzene rings is 1. The molecule has 0 bridgehead atoms. The van der Waals surface area contributed by atoms with Crippen molar-refractivity contribution in [3.63, 3.8) is 0 Å². The largest absolute Gasteiger partial charge is 0.466 e. The Bertz CT molecular complexity index is 780. The normalized spacial score (nSPS) is 13.0. The molecule has 0 aliphatic carbocycles. The fourth-order valence-corrected chi connectivity index (χ4v) is 3.75. The minimum atomic E-state index is -3.86. The van der Waals surface area contributed by atoms with Gasteiger partial charge in [0.05, 0.1) is 20.0 Å². The molecular weight excluding hydrogens is 408 g/mol. The zero-order valence-corrected chi connectivity index (χ0v) is 19.5. The van der Waals surface area contributed by atoms with E-state index in [1.54, 1.807) is 0 Å². The van der Waals surface area contributed by atoms with Gasteiger partial charge in [-0.05, 0) is 23.8 Å². The number of rotatable bonds is 12. The average molecular weight is 443 g/mol. The summed E-state index contributed by atoms with van der Waals surface area (Å²) in [7, 11) is -2.69. The number of esters is 1. The molecule has 1 rings (SSSR count). The second-order valence-corrected chi connectivity index (χ2v) is 9.89. The van der Waals surface area contributed by atoms with Gasteiger partial charge in [0.15, 0.2) is 0 Å². The number of hydrogen-bond donors (Lipinski definition) is 0. The van der Waals surface area contributed by atoms with Gasteiger partial charge in [0.2, 0.25) is 22.2 Å². The lowest BCUT2D eigenvalue weighted by atomic mass is 10.1. The van der Waals surface area contributed by atoms with Crippen molar-refractivity contribution in [3.05, 3.63) is 35.9 Å². The molecule has 0 N–H and O–H groups in total. The van der Waals surface area contributed by atoms with Crippen molar-refractivity contribution < 1.29 is 27.5 Å². The molecule has 0 saturated heterocycles. The van der Waals surface area contributed by atoms with E-state index in [4.69, 9.17) is 9.47 Å². The minimum absolute atomic E-state index is 0.00779. The highest BCUT2D eigenvalue weighted by Crippen LogP contribution is 2.19. The molecular formula is C21H34N2O6S. The van der Waals surface area contributed by atoms with Crippen molar-refractivity contribution in [2.24, 2.45) is 11.8 Å². The number of amides is 1. The Morgan fingerprint density at radius 1 is 1.03 bits per heavy atom. The maximum atomic E-state index is 13.1. The highest BCUT2D eigenvalue weighted by molar-refractivity contribution is 7.88. The van der Waals surface area contributed by atoms with Crippen LogP contribution in [0.25, 0.3) is 0 Å². The Balaban J connectivity index is 3.34. The number of carbonyl (C=O) groups is 2. The zero-order chi connectivity index (χ0) is 22.9. The van der Waals surface area contributed by atoms with Gasteiger partial charge in [-0.1, -0.05) is 58.0 Å². The second kappa shape index (κ2) is 12.0. The van der Waals surface area contributed by atoms with E-state index in [1.165, 1.54) is 7.11 Å². The maximum absolute atomic E-state index is 13.1. The Kier molecular flexibility index (Phi) is 10.4. The summed E-state index contributed by atoms with van der Waals surface area (Å²) in [6, 6.07) is 9.10. The molecule has 1 aromatic rings. The summed E-state index contributed by atoms with van der Waals surface area (Å²) in [6.07, 6.45) is 0.0952. The summed E-state index contributed by atoms with van der Waals surface area (Å²) < 4.78 is 36.7. The van der Waals surface area contributed by atoms with Crippen molar-refractivity contribution in [3.8, 4) is 0 Å². The number of nitrogens with zero attached hydrogens (tertiary/aromatic N) is 2. The molecule has 8 nitrogen and oxygen atoms in total. The third-order valence-corrected chi connectivity index (χ3v) is 5.30. The molecule has 30 heavy (non-hydrogen) atoms. The van der Waals surface area contributed by atoms with E-state index < -0.39 is 28.1 Å². The molecule has 0 spiro atoms. The van der Waals surface area contributed by atoms with E-state index in [1.807, 2.05) is 58.0 Å². The Hall–Kier alpha value is -1.97. The maximum Gasteiger partial charge on any atom is 0.357 e. The van der Waals surface area contributed by atoms with Gasteiger partial charge >= 0.3 is 5.97 Å². The zero-order valence-electron chi connectivity index (χ0n) is 18.7. The van der Waals surface area contributed by atoms with Gasteiger partial charge in [0, 0.05) is 13.0 Å². The standard InChI is InChI=1S/C21H34N2O6S/c1-16(2)12-13-19(24)23(22(14-17(3)4)30(6,26)27)20(21(25)28-5)29-15-18-10-8-7-9-11-18/h7-11,16-17,20H,12-15H2,1-6H3/t20-/m1/s1. The van der Waals surface area contributed by atoms with Crippen molar-refractivity contribution >= 4 is 21.9 Å². The lowest BCUT2D eigenvalue weighted by Gasteiger charge is -2.38. The van der Waals surface area contributed by atoms with Crippen molar-refractivity contribution in [1.82, 2.24) is 9.42 Å². The highest BCUT2D eigenvalue weighted by atomic mass is 32.2. The van der Waals surface area contributed by atoms with Crippen LogP contribution in [-0.2, 0) is 35.7 Å². The lowest BCUT2D eigenvalue weighted by Crippen LogP contribution is -2.58. The number of hydrazine groups is 1. The van der Waals surface area contributed by atoms with Gasteiger partial charge < -0.3 is 9.47 Å². The first kappa shape index (κ1) is 26.1. The first-order chi connectivity index (χ1) is 14.0. The van der Waals surface area contributed by atoms with Crippen LogP contribution in [0, 0.1) is 11.8 Å². The molecule has 0 aliphatic rings. The summed E-state index contributed by atoms with van der Waals surface area (Å²) in [4.78, 5) is 25.7. The number of sulfonamides is 1. The monoisotopic (exact) mass is 442 g/mol. The van der Waals surface area contributed by atoms with Gasteiger partial charge in [-0.3, -0.25) is 4.79 Å². The number of hydrogen-bond acceptors (Lipinski definition) is 6. The number of carbonyl (C=O) groups excluding carboxylic acids is 2. The van der Waals surface area contributed by atoms with Crippen LogP contribution in [0.2, 0.25) is 0 Å². The molecule has 1 amide bonds. The fraction of sp³-hybridized carbons (Fsp3) is 0.619. The van der Waals surface area contributed by atoms with Crippen LogP contribution < -0.4 is 0 Å². The SMILES string of the molecule is COC(=O)[C@@H](OCc1ccccc1)N(C(=O)CCC(C)C)N(CC(C)C)S(C)(=O)=O. The summed E-state index contributed by atoms with van der Waals surface area (Å²) in [5, 5.41) is 0.909. The molecule has 1 atom stereocenters. The summed E-state index contributed by atoms with van der Waals surface area (Å²) >= 11 is 0. The molecule has 1 aromatic carbocycles. The van der Waals surface area contributed by atoms with Crippen LogP contribution >= 0.6 is 0 Å². The van der Waals surface area contributed by atoms with E-state index in [9.17, 15) is 18.0 Å². The van der Waals surface area contributed by atoms with Crippen LogP contribution in [0.5, 0.6) is 0 Å². The predicted octanol–water partition coefficient (Wildman–Crippen LogP) is 2.80. The lowest BCUT2D eigenvalue weighted by molar-refractivity contribution is -0.194. The van der Waals surface area contributed by atoms with Crippen molar-refractivity contribution in [1.29, 1.82) is 0 Å². The van der Waals surface area contributed by atoms with Crippen LogP contribution in [-0.4, -0.2) is 55.9 Å². The van der Waals surface area contributed by atoms with E-state index in [-0.39, 0.29) is 31.4 Å². The van der Waals surface area contributed by atoms with E-state index in [2.05, 4.69) is 0 Å². The third-order valence-electron chi connectivity index (χ3n) is 4.21. The Labute approximate surface area is 180 Å². The van der Waals surface area contributed by atoms with E-state index in [0.29, 0.717) is 6.42 Å². The molecule has 0 saturated carbocycles. The molecule has 0 aromatic heterocycles. The van der Waals surface area contributed by atoms with Gasteiger partial charge in [0.25, 0.3) is 0 Å². The van der Waals surface area contributed by atoms with Gasteiger partial charge in [-0.25, -0.2) is 18.2 Å². The summed E-state index contributed by atoms with van der Waals surface area (Å²) in [5.74, 6) is -1.22. The van der Waals surface area contributed by atoms with Crippen LogP contribution in [0.1, 0.15) is 46.1 Å². The average Bonchev–Trinajstić information content (AvgIpc) is 2.67. The molecule has 9 heteroatoms.